The van der Waals surface area contributed by atoms with Gasteiger partial charge in [0, 0.05) is 18.5 Å². The van der Waals surface area contributed by atoms with Crippen molar-refractivity contribution in [2.24, 2.45) is 0 Å². The lowest BCUT2D eigenvalue weighted by Crippen LogP contribution is -2.16. The van der Waals surface area contributed by atoms with Gasteiger partial charge in [-0.1, -0.05) is 6.07 Å². The first kappa shape index (κ1) is 16.9. The van der Waals surface area contributed by atoms with Gasteiger partial charge < -0.3 is 0 Å². The molecule has 0 aliphatic rings. The average Bonchev–Trinajstić information content (AvgIpc) is 3.08. The molecular formula is C14H10F3N5O2S. The molecule has 0 unspecified atom stereocenters. The predicted octanol–water partition coefficient (Wildman–Crippen LogP) is 2.48. The molecule has 1 aromatic carbocycles. The summed E-state index contributed by atoms with van der Waals surface area (Å²) in [7, 11) is -4.25. The topological polar surface area (TPSA) is 89.8 Å². The van der Waals surface area contributed by atoms with Gasteiger partial charge in [-0.3, -0.25) is 4.72 Å². The summed E-state index contributed by atoms with van der Waals surface area (Å²) in [5, 5.41) is 3.95. The van der Waals surface area contributed by atoms with Gasteiger partial charge in [-0.15, -0.1) is 0 Å². The summed E-state index contributed by atoms with van der Waals surface area (Å²) in [6.07, 6.45) is -0.434. The van der Waals surface area contributed by atoms with Gasteiger partial charge >= 0.3 is 6.18 Å². The number of halogens is 3. The Morgan fingerprint density at radius 3 is 2.56 bits per heavy atom. The third kappa shape index (κ3) is 3.76. The number of aromatic nitrogens is 4. The van der Waals surface area contributed by atoms with Crippen LogP contribution in [0.15, 0.2) is 60.0 Å². The lowest BCUT2D eigenvalue weighted by molar-refractivity contribution is -0.137. The van der Waals surface area contributed by atoms with Crippen LogP contribution in [-0.2, 0) is 16.2 Å². The molecule has 2 heterocycles. The molecule has 2 aromatic heterocycles. The molecular weight excluding hydrogens is 359 g/mol. The Balaban J connectivity index is 1.91. The molecule has 25 heavy (non-hydrogen) atoms. The first-order chi connectivity index (χ1) is 11.8. The minimum atomic E-state index is -4.65. The van der Waals surface area contributed by atoms with Crippen molar-refractivity contribution in [3.63, 3.8) is 0 Å². The number of anilines is 1. The monoisotopic (exact) mass is 369 g/mol. The first-order valence-corrected chi connectivity index (χ1v) is 8.26. The van der Waals surface area contributed by atoms with Gasteiger partial charge in [-0.05, 0) is 24.3 Å². The van der Waals surface area contributed by atoms with Crippen LogP contribution in [0.3, 0.4) is 0 Å². The number of benzene rings is 1. The second kappa shape index (κ2) is 6.16. The van der Waals surface area contributed by atoms with Crippen LogP contribution in [0, 0.1) is 0 Å². The zero-order valence-electron chi connectivity index (χ0n) is 12.3. The van der Waals surface area contributed by atoms with Crippen molar-refractivity contribution in [1.29, 1.82) is 0 Å². The highest BCUT2D eigenvalue weighted by Gasteiger charge is 2.31. The van der Waals surface area contributed by atoms with E-state index in [0.29, 0.717) is 11.9 Å². The molecule has 1 N–H and O–H groups in total. The van der Waals surface area contributed by atoms with Crippen molar-refractivity contribution in [3.05, 3.63) is 60.7 Å². The number of nitrogens with one attached hydrogen (secondary N) is 1. The van der Waals surface area contributed by atoms with Crippen molar-refractivity contribution in [2.75, 3.05) is 4.72 Å². The third-order valence-corrected chi connectivity index (χ3v) is 4.45. The fraction of sp³-hybridized carbons (Fsp3) is 0.0714. The van der Waals surface area contributed by atoms with Crippen LogP contribution in [0.4, 0.5) is 19.0 Å². The van der Waals surface area contributed by atoms with Crippen LogP contribution in [0.1, 0.15) is 5.56 Å². The third-order valence-electron chi connectivity index (χ3n) is 3.10. The van der Waals surface area contributed by atoms with E-state index in [4.69, 9.17) is 0 Å². The van der Waals surface area contributed by atoms with E-state index >= 15 is 0 Å². The Kier molecular flexibility index (Phi) is 4.17. The minimum Gasteiger partial charge on any atom is -0.263 e. The number of alkyl halides is 3. The number of hydrogen-bond acceptors (Lipinski definition) is 5. The van der Waals surface area contributed by atoms with Crippen LogP contribution in [0.25, 0.3) is 5.82 Å². The Labute approximate surface area is 140 Å². The van der Waals surface area contributed by atoms with E-state index in [2.05, 4.69) is 19.8 Å². The fourth-order valence-corrected chi connectivity index (χ4v) is 3.01. The van der Waals surface area contributed by atoms with Crippen LogP contribution in [-0.4, -0.2) is 28.2 Å². The van der Waals surface area contributed by atoms with Crippen LogP contribution in [0.5, 0.6) is 0 Å². The average molecular weight is 369 g/mol. The zero-order valence-corrected chi connectivity index (χ0v) is 13.2. The highest BCUT2D eigenvalue weighted by atomic mass is 32.2. The van der Waals surface area contributed by atoms with Crippen molar-refractivity contribution >= 4 is 15.8 Å². The van der Waals surface area contributed by atoms with Crippen molar-refractivity contribution in [3.8, 4) is 5.82 Å². The molecule has 7 nitrogen and oxygen atoms in total. The Hall–Kier alpha value is -2.95. The van der Waals surface area contributed by atoms with Gasteiger partial charge in [0.1, 0.15) is 12.1 Å². The second-order valence-electron chi connectivity index (χ2n) is 4.84. The maximum Gasteiger partial charge on any atom is 0.416 e. The molecule has 0 spiro atoms. The second-order valence-corrected chi connectivity index (χ2v) is 6.53. The van der Waals surface area contributed by atoms with Gasteiger partial charge in [-0.25, -0.2) is 23.1 Å². The Bertz CT molecular complexity index is 988. The van der Waals surface area contributed by atoms with Crippen molar-refractivity contribution in [2.45, 2.75) is 11.1 Å². The largest absolute Gasteiger partial charge is 0.416 e. The standard InChI is InChI=1S/C14H10F3N5O2S/c15-14(16,17)10-3-1-4-11(7-10)25(23,24)21-12-8-13(19-9-18-12)22-6-2-5-20-22/h1-9H,(H,18,19,21). The molecule has 0 bridgehead atoms. The first-order valence-electron chi connectivity index (χ1n) is 6.78. The van der Waals surface area contributed by atoms with Crippen LogP contribution < -0.4 is 4.72 Å². The molecule has 0 aliphatic carbocycles. The molecule has 0 atom stereocenters. The predicted molar refractivity (Wildman–Crippen MR) is 81.4 cm³/mol. The number of sulfonamides is 1. The van der Waals surface area contributed by atoms with Gasteiger partial charge in [-0.2, -0.15) is 18.3 Å². The highest BCUT2D eigenvalue weighted by molar-refractivity contribution is 7.92. The molecule has 3 aromatic rings. The van der Waals surface area contributed by atoms with Crippen LogP contribution >= 0.6 is 0 Å². The number of nitrogens with zero attached hydrogens (tertiary/aromatic N) is 4. The van der Waals surface area contributed by atoms with E-state index in [0.717, 1.165) is 24.5 Å². The normalized spacial score (nSPS) is 12.1. The summed E-state index contributed by atoms with van der Waals surface area (Å²) < 4.78 is 66.4. The van der Waals surface area contributed by atoms with E-state index in [-0.39, 0.29) is 5.82 Å². The molecule has 0 amide bonds. The van der Waals surface area contributed by atoms with E-state index in [1.165, 1.54) is 16.9 Å². The molecule has 0 saturated heterocycles. The van der Waals surface area contributed by atoms with Crippen LogP contribution in [0.2, 0.25) is 0 Å². The molecule has 0 radical (unpaired) electrons. The van der Waals surface area contributed by atoms with E-state index in [9.17, 15) is 21.6 Å². The van der Waals surface area contributed by atoms with Gasteiger partial charge in [0.15, 0.2) is 5.82 Å². The Morgan fingerprint density at radius 2 is 1.88 bits per heavy atom. The smallest absolute Gasteiger partial charge is 0.263 e. The maximum absolute atomic E-state index is 12.7. The summed E-state index contributed by atoms with van der Waals surface area (Å²) in [5.74, 6) is 0.194. The van der Waals surface area contributed by atoms with Gasteiger partial charge in [0.2, 0.25) is 0 Å². The lowest BCUT2D eigenvalue weighted by atomic mass is 10.2. The SMILES string of the molecule is O=S(=O)(Nc1cc(-n2cccn2)ncn1)c1cccc(C(F)(F)F)c1. The Morgan fingerprint density at radius 1 is 1.08 bits per heavy atom. The van der Waals surface area contributed by atoms with Crippen molar-refractivity contribution < 1.29 is 21.6 Å². The van der Waals surface area contributed by atoms with Gasteiger partial charge in [0.25, 0.3) is 10.0 Å². The number of hydrogen-bond donors (Lipinski definition) is 1. The quantitative estimate of drug-likeness (QED) is 0.763. The lowest BCUT2D eigenvalue weighted by Gasteiger charge is -2.11. The summed E-state index contributed by atoms with van der Waals surface area (Å²) in [6, 6.07) is 6.38. The maximum atomic E-state index is 12.7. The highest BCUT2D eigenvalue weighted by Crippen LogP contribution is 2.30. The molecule has 0 aliphatic heterocycles. The molecule has 11 heteroatoms. The molecule has 3 rings (SSSR count). The summed E-state index contributed by atoms with van der Waals surface area (Å²) >= 11 is 0. The van der Waals surface area contributed by atoms with E-state index in [1.54, 1.807) is 12.3 Å². The molecule has 0 fully saturated rings. The van der Waals surface area contributed by atoms with E-state index in [1.807, 2.05) is 0 Å². The summed E-state index contributed by atoms with van der Waals surface area (Å²) in [6.45, 7) is 0. The van der Waals surface area contributed by atoms with E-state index < -0.39 is 26.7 Å². The number of rotatable bonds is 4. The summed E-state index contributed by atoms with van der Waals surface area (Å²) in [4.78, 5) is 7.18. The van der Waals surface area contributed by atoms with Gasteiger partial charge in [0.05, 0.1) is 10.5 Å². The zero-order chi connectivity index (χ0) is 18.1. The summed E-state index contributed by atoms with van der Waals surface area (Å²) in [5.41, 5.74) is -1.06. The fourth-order valence-electron chi connectivity index (χ4n) is 1.97. The van der Waals surface area contributed by atoms with Crippen molar-refractivity contribution in [1.82, 2.24) is 19.7 Å². The molecule has 130 valence electrons. The minimum absolute atomic E-state index is 0.0992. The molecule has 0 saturated carbocycles.